The number of hydrogen-bond donors (Lipinski definition) is 1. The van der Waals surface area contributed by atoms with Crippen LogP contribution in [0, 0.1) is 11.6 Å². The molecule has 0 fully saturated rings. The molecule has 0 heterocycles. The first-order valence-electron chi connectivity index (χ1n) is 6.65. The lowest BCUT2D eigenvalue weighted by Gasteiger charge is -2.14. The minimum atomic E-state index is -3.94. The zero-order valence-electron chi connectivity index (χ0n) is 12.8. The summed E-state index contributed by atoms with van der Waals surface area (Å²) in [4.78, 5) is 16.6. The van der Waals surface area contributed by atoms with E-state index in [1.165, 1.54) is 32.4 Å². The van der Waals surface area contributed by atoms with Gasteiger partial charge in [-0.1, -0.05) is 10.5 Å². The van der Waals surface area contributed by atoms with Crippen molar-refractivity contribution in [3.05, 3.63) is 59.7 Å². The Morgan fingerprint density at radius 2 is 1.88 bits per heavy atom. The van der Waals surface area contributed by atoms with Gasteiger partial charge >= 0.3 is 0 Å². The molecular weight excluding hydrogens is 342 g/mol. The first kappa shape index (κ1) is 18.0. The van der Waals surface area contributed by atoms with E-state index in [4.69, 9.17) is 0 Å². The largest absolute Gasteiger partial charge is 0.319 e. The predicted octanol–water partition coefficient (Wildman–Crippen LogP) is 2.40. The highest BCUT2D eigenvalue weighted by atomic mass is 32.2. The van der Waals surface area contributed by atoms with Crippen molar-refractivity contribution >= 4 is 21.6 Å². The molecule has 0 saturated heterocycles. The molecule has 9 heteroatoms. The van der Waals surface area contributed by atoms with Crippen molar-refractivity contribution in [1.82, 2.24) is 4.47 Å². The first-order chi connectivity index (χ1) is 11.3. The van der Waals surface area contributed by atoms with Gasteiger partial charge in [-0.3, -0.25) is 9.63 Å². The van der Waals surface area contributed by atoms with Crippen LogP contribution < -0.4 is 5.32 Å². The van der Waals surface area contributed by atoms with E-state index in [0.29, 0.717) is 4.47 Å². The average molecular weight is 356 g/mol. The molecule has 0 unspecified atom stereocenters. The molecule has 0 aliphatic rings. The number of anilines is 1. The number of benzene rings is 2. The van der Waals surface area contributed by atoms with E-state index in [-0.39, 0.29) is 16.1 Å². The van der Waals surface area contributed by atoms with E-state index in [1.54, 1.807) is 0 Å². The molecule has 0 radical (unpaired) electrons. The van der Waals surface area contributed by atoms with Gasteiger partial charge in [-0.2, -0.15) is 0 Å². The lowest BCUT2D eigenvalue weighted by molar-refractivity contribution is -0.0258. The molecule has 0 aliphatic carbocycles. The number of amides is 1. The Morgan fingerprint density at radius 1 is 1.17 bits per heavy atom. The average Bonchev–Trinajstić information content (AvgIpc) is 2.57. The SMILES string of the molecule is CON(C)S(=O)(=O)c1cccc(C(=O)Nc2cc(F)ccc2F)c1. The minimum absolute atomic E-state index is 0.0377. The predicted molar refractivity (Wildman–Crippen MR) is 82.7 cm³/mol. The summed E-state index contributed by atoms with van der Waals surface area (Å²) in [5.41, 5.74) is -0.383. The topological polar surface area (TPSA) is 75.7 Å². The lowest BCUT2D eigenvalue weighted by atomic mass is 10.2. The third kappa shape index (κ3) is 3.75. The molecule has 2 rings (SSSR count). The molecule has 0 saturated carbocycles. The van der Waals surface area contributed by atoms with E-state index in [1.807, 2.05) is 0 Å². The van der Waals surface area contributed by atoms with Gasteiger partial charge in [0.2, 0.25) is 0 Å². The van der Waals surface area contributed by atoms with Gasteiger partial charge in [0.15, 0.2) is 0 Å². The Kier molecular flexibility index (Phi) is 5.27. The fraction of sp³-hybridized carbons (Fsp3) is 0.133. The molecule has 6 nitrogen and oxygen atoms in total. The zero-order chi connectivity index (χ0) is 17.9. The van der Waals surface area contributed by atoms with Crippen molar-refractivity contribution in [3.8, 4) is 0 Å². The van der Waals surface area contributed by atoms with Gasteiger partial charge in [-0.05, 0) is 30.3 Å². The zero-order valence-corrected chi connectivity index (χ0v) is 13.6. The van der Waals surface area contributed by atoms with Crippen LogP contribution in [0.3, 0.4) is 0 Å². The van der Waals surface area contributed by atoms with Crippen LogP contribution in [0.5, 0.6) is 0 Å². The molecule has 1 amide bonds. The van der Waals surface area contributed by atoms with Crippen molar-refractivity contribution in [2.24, 2.45) is 0 Å². The number of carbonyl (C=O) groups is 1. The maximum atomic E-state index is 13.6. The number of halogens is 2. The third-order valence-corrected chi connectivity index (χ3v) is 4.84. The van der Waals surface area contributed by atoms with Crippen LogP contribution in [0.25, 0.3) is 0 Å². The number of rotatable bonds is 5. The van der Waals surface area contributed by atoms with Crippen molar-refractivity contribution in [1.29, 1.82) is 0 Å². The second-order valence-electron chi connectivity index (χ2n) is 4.70. The number of nitrogens with one attached hydrogen (secondary N) is 1. The molecule has 0 aromatic heterocycles. The highest BCUT2D eigenvalue weighted by Crippen LogP contribution is 2.19. The molecule has 24 heavy (non-hydrogen) atoms. The summed E-state index contributed by atoms with van der Waals surface area (Å²) in [5, 5.41) is 2.20. The van der Waals surface area contributed by atoms with Crippen molar-refractivity contribution in [2.45, 2.75) is 4.90 Å². The van der Waals surface area contributed by atoms with Crippen molar-refractivity contribution in [3.63, 3.8) is 0 Å². The quantitative estimate of drug-likeness (QED) is 0.835. The lowest BCUT2D eigenvalue weighted by Crippen LogP contribution is -2.26. The highest BCUT2D eigenvalue weighted by molar-refractivity contribution is 7.89. The van der Waals surface area contributed by atoms with Crippen LogP contribution in [-0.4, -0.2) is 33.0 Å². The van der Waals surface area contributed by atoms with Crippen LogP contribution in [-0.2, 0) is 14.9 Å². The molecule has 128 valence electrons. The van der Waals surface area contributed by atoms with Crippen LogP contribution in [0.15, 0.2) is 47.4 Å². The Bertz CT molecular complexity index is 872. The summed E-state index contributed by atoms with van der Waals surface area (Å²) in [5.74, 6) is -2.31. The Morgan fingerprint density at radius 3 is 2.54 bits per heavy atom. The molecule has 2 aromatic carbocycles. The van der Waals surface area contributed by atoms with Crippen LogP contribution in [0.1, 0.15) is 10.4 Å². The van der Waals surface area contributed by atoms with Gasteiger partial charge in [-0.25, -0.2) is 17.2 Å². The van der Waals surface area contributed by atoms with Gasteiger partial charge in [0.05, 0.1) is 17.7 Å². The molecule has 1 N–H and O–H groups in total. The van der Waals surface area contributed by atoms with E-state index < -0.39 is 27.6 Å². The summed E-state index contributed by atoms with van der Waals surface area (Å²) in [6, 6.07) is 7.71. The highest BCUT2D eigenvalue weighted by Gasteiger charge is 2.22. The number of nitrogens with zero attached hydrogens (tertiary/aromatic N) is 1. The summed E-state index contributed by atoms with van der Waals surface area (Å²) in [7, 11) is -1.56. The summed E-state index contributed by atoms with van der Waals surface area (Å²) >= 11 is 0. The third-order valence-electron chi connectivity index (χ3n) is 3.17. The number of sulfonamides is 1. The van der Waals surface area contributed by atoms with Gasteiger partial charge in [0.1, 0.15) is 11.6 Å². The number of carbonyl (C=O) groups excluding carboxylic acids is 1. The summed E-state index contributed by atoms with van der Waals surface area (Å²) < 4.78 is 51.6. The number of hydroxylamine groups is 1. The smallest absolute Gasteiger partial charge is 0.264 e. The molecule has 0 spiro atoms. The van der Waals surface area contributed by atoms with E-state index in [9.17, 15) is 22.0 Å². The van der Waals surface area contributed by atoms with Gasteiger partial charge in [-0.15, -0.1) is 0 Å². The fourth-order valence-corrected chi connectivity index (χ4v) is 2.85. The van der Waals surface area contributed by atoms with Crippen LogP contribution >= 0.6 is 0 Å². The molecule has 2 aromatic rings. The van der Waals surface area contributed by atoms with Gasteiger partial charge in [0.25, 0.3) is 15.9 Å². The Labute approximate surface area is 137 Å². The molecular formula is C15H14F2N2O4S. The first-order valence-corrected chi connectivity index (χ1v) is 8.09. The maximum Gasteiger partial charge on any atom is 0.264 e. The van der Waals surface area contributed by atoms with Crippen molar-refractivity contribution < 1.29 is 26.8 Å². The standard InChI is InChI=1S/C15H14F2N2O4S/c1-19(23-2)24(21,22)12-5-3-4-10(8-12)15(20)18-14-9-11(16)6-7-13(14)17/h3-9H,1-2H3,(H,18,20). The molecule has 0 bridgehead atoms. The second kappa shape index (κ2) is 7.04. The second-order valence-corrected chi connectivity index (χ2v) is 6.64. The fourth-order valence-electron chi connectivity index (χ4n) is 1.83. The van der Waals surface area contributed by atoms with Crippen LogP contribution in [0.2, 0.25) is 0 Å². The number of hydrogen-bond acceptors (Lipinski definition) is 4. The van der Waals surface area contributed by atoms with Crippen molar-refractivity contribution in [2.75, 3.05) is 19.5 Å². The summed E-state index contributed by atoms with van der Waals surface area (Å²) in [6.45, 7) is 0. The Balaban J connectivity index is 2.31. The van der Waals surface area contributed by atoms with Crippen LogP contribution in [0.4, 0.5) is 14.5 Å². The minimum Gasteiger partial charge on any atom is -0.319 e. The normalized spacial score (nSPS) is 11.5. The summed E-state index contributed by atoms with van der Waals surface area (Å²) in [6.07, 6.45) is 0. The van der Waals surface area contributed by atoms with E-state index >= 15 is 0 Å². The Hall–Kier alpha value is -2.36. The van der Waals surface area contributed by atoms with Gasteiger partial charge in [0, 0.05) is 18.7 Å². The van der Waals surface area contributed by atoms with E-state index in [2.05, 4.69) is 10.2 Å². The molecule has 0 atom stereocenters. The van der Waals surface area contributed by atoms with Gasteiger partial charge < -0.3 is 5.32 Å². The monoisotopic (exact) mass is 356 g/mol. The molecule has 0 aliphatic heterocycles. The van der Waals surface area contributed by atoms with E-state index in [0.717, 1.165) is 24.3 Å². The maximum absolute atomic E-state index is 13.6.